The van der Waals surface area contributed by atoms with E-state index < -0.39 is 28.9 Å². The number of nitrogens with two attached hydrogens (primary N) is 1. The summed E-state index contributed by atoms with van der Waals surface area (Å²) in [6.45, 7) is 0. The number of alkyl halides is 3. The van der Waals surface area contributed by atoms with Gasteiger partial charge in [0.15, 0.2) is 5.13 Å². The van der Waals surface area contributed by atoms with Crippen molar-refractivity contribution in [3.8, 4) is 11.3 Å². The lowest BCUT2D eigenvalue weighted by Gasteiger charge is -2.09. The Morgan fingerprint density at radius 1 is 1.11 bits per heavy atom. The molecule has 2 aromatic rings. The van der Waals surface area contributed by atoms with Crippen LogP contribution in [0, 0.1) is 11.6 Å². The molecule has 8 heteroatoms. The summed E-state index contributed by atoms with van der Waals surface area (Å²) in [6, 6.07) is 0.460. The van der Waals surface area contributed by atoms with E-state index in [0.717, 1.165) is 11.3 Å². The molecule has 0 radical (unpaired) electrons. The number of halogens is 5. The van der Waals surface area contributed by atoms with E-state index in [4.69, 9.17) is 5.73 Å². The molecule has 0 aliphatic rings. The van der Waals surface area contributed by atoms with Crippen molar-refractivity contribution in [2.24, 2.45) is 0 Å². The lowest BCUT2D eigenvalue weighted by Crippen LogP contribution is -2.07. The van der Waals surface area contributed by atoms with Crippen LogP contribution in [-0.4, -0.2) is 4.98 Å². The van der Waals surface area contributed by atoms with Crippen LogP contribution in [0.1, 0.15) is 5.56 Å². The molecule has 1 heterocycles. The van der Waals surface area contributed by atoms with Gasteiger partial charge in [0.05, 0.1) is 16.8 Å². The van der Waals surface area contributed by atoms with Crippen molar-refractivity contribution in [2.75, 3.05) is 5.73 Å². The number of anilines is 1. The highest BCUT2D eigenvalue weighted by Gasteiger charge is 2.33. The van der Waals surface area contributed by atoms with Gasteiger partial charge >= 0.3 is 6.18 Å². The molecule has 2 rings (SSSR count). The Labute approximate surface area is 102 Å². The van der Waals surface area contributed by atoms with Crippen LogP contribution in [-0.2, 0) is 6.18 Å². The van der Waals surface area contributed by atoms with Gasteiger partial charge in [-0.15, -0.1) is 11.3 Å². The predicted molar refractivity (Wildman–Crippen MR) is 56.9 cm³/mol. The topological polar surface area (TPSA) is 38.9 Å². The number of nitrogens with zero attached hydrogens (tertiary/aromatic N) is 1. The van der Waals surface area contributed by atoms with Gasteiger partial charge in [-0.1, -0.05) is 0 Å². The molecule has 0 unspecified atom stereocenters. The second-order valence-electron chi connectivity index (χ2n) is 3.38. The second-order valence-corrected chi connectivity index (χ2v) is 4.27. The highest BCUT2D eigenvalue weighted by atomic mass is 32.1. The Kier molecular flexibility index (Phi) is 2.97. The fourth-order valence-corrected chi connectivity index (χ4v) is 1.94. The summed E-state index contributed by atoms with van der Waals surface area (Å²) >= 11 is 0.938. The Morgan fingerprint density at radius 3 is 2.06 bits per heavy atom. The molecule has 0 atom stereocenters. The average Bonchev–Trinajstić information content (AvgIpc) is 2.62. The number of hydrogen-bond acceptors (Lipinski definition) is 3. The highest BCUT2D eigenvalue weighted by molar-refractivity contribution is 7.13. The van der Waals surface area contributed by atoms with Gasteiger partial charge in [-0.25, -0.2) is 13.8 Å². The van der Waals surface area contributed by atoms with Gasteiger partial charge in [0.1, 0.15) is 11.6 Å². The Hall–Kier alpha value is -1.70. The van der Waals surface area contributed by atoms with Crippen LogP contribution in [0.5, 0.6) is 0 Å². The molecule has 0 amide bonds. The summed E-state index contributed by atoms with van der Waals surface area (Å²) < 4.78 is 64.0. The summed E-state index contributed by atoms with van der Waals surface area (Å²) in [5.41, 5.74) is 3.17. The normalized spacial score (nSPS) is 11.8. The third-order valence-electron chi connectivity index (χ3n) is 2.15. The first-order valence-electron chi connectivity index (χ1n) is 4.56. The van der Waals surface area contributed by atoms with E-state index in [9.17, 15) is 22.0 Å². The second kappa shape index (κ2) is 4.20. The van der Waals surface area contributed by atoms with E-state index in [1.807, 2.05) is 0 Å². The van der Waals surface area contributed by atoms with Crippen molar-refractivity contribution in [1.29, 1.82) is 0 Å². The Balaban J connectivity index is 2.58. The van der Waals surface area contributed by atoms with Crippen molar-refractivity contribution >= 4 is 16.5 Å². The highest BCUT2D eigenvalue weighted by Crippen LogP contribution is 2.35. The SMILES string of the molecule is Nc1nc(-c2c(F)cc(C(F)(F)F)cc2F)cs1. The molecule has 1 aromatic heterocycles. The van der Waals surface area contributed by atoms with Crippen LogP contribution >= 0.6 is 11.3 Å². The van der Waals surface area contributed by atoms with Gasteiger partial charge in [-0.05, 0) is 12.1 Å². The summed E-state index contributed by atoms with van der Waals surface area (Å²) in [4.78, 5) is 3.63. The molecule has 0 saturated carbocycles. The first kappa shape index (κ1) is 12.7. The van der Waals surface area contributed by atoms with E-state index in [1.54, 1.807) is 0 Å². The van der Waals surface area contributed by atoms with E-state index in [0.29, 0.717) is 0 Å². The van der Waals surface area contributed by atoms with Gasteiger partial charge in [0, 0.05) is 5.38 Å². The van der Waals surface area contributed by atoms with Gasteiger partial charge in [-0.3, -0.25) is 0 Å². The molecule has 0 bridgehead atoms. The first-order chi connectivity index (χ1) is 8.29. The third kappa shape index (κ3) is 2.28. The molecule has 2 nitrogen and oxygen atoms in total. The van der Waals surface area contributed by atoms with E-state index in [-0.39, 0.29) is 23.0 Å². The van der Waals surface area contributed by atoms with E-state index in [2.05, 4.69) is 4.98 Å². The molecule has 96 valence electrons. The van der Waals surface area contributed by atoms with Crippen molar-refractivity contribution in [3.05, 3.63) is 34.7 Å². The van der Waals surface area contributed by atoms with Crippen molar-refractivity contribution < 1.29 is 22.0 Å². The van der Waals surface area contributed by atoms with Crippen molar-refractivity contribution in [3.63, 3.8) is 0 Å². The Bertz CT molecular complexity index is 567. The summed E-state index contributed by atoms with van der Waals surface area (Å²) in [5.74, 6) is -2.65. The fourth-order valence-electron chi connectivity index (χ4n) is 1.38. The fraction of sp³-hybridized carbons (Fsp3) is 0.100. The van der Waals surface area contributed by atoms with Crippen LogP contribution in [0.25, 0.3) is 11.3 Å². The number of benzene rings is 1. The monoisotopic (exact) mass is 280 g/mol. The molecule has 2 N–H and O–H groups in total. The molecule has 0 saturated heterocycles. The average molecular weight is 280 g/mol. The number of aromatic nitrogens is 1. The molecule has 0 aliphatic carbocycles. The van der Waals surface area contributed by atoms with Crippen LogP contribution < -0.4 is 5.73 Å². The quantitative estimate of drug-likeness (QED) is 0.809. The minimum Gasteiger partial charge on any atom is -0.375 e. The number of thiazole rings is 1. The molecule has 1 aromatic carbocycles. The van der Waals surface area contributed by atoms with Crippen molar-refractivity contribution in [2.45, 2.75) is 6.18 Å². The lowest BCUT2D eigenvalue weighted by molar-refractivity contribution is -0.137. The zero-order chi connectivity index (χ0) is 13.5. The van der Waals surface area contributed by atoms with Crippen molar-refractivity contribution in [1.82, 2.24) is 4.98 Å². The van der Waals surface area contributed by atoms with Gasteiger partial charge < -0.3 is 5.73 Å². The molecule has 0 spiro atoms. The maximum Gasteiger partial charge on any atom is 0.416 e. The molecule has 0 fully saturated rings. The first-order valence-corrected chi connectivity index (χ1v) is 5.44. The summed E-state index contributed by atoms with van der Waals surface area (Å²) in [7, 11) is 0. The van der Waals surface area contributed by atoms with Crippen LogP contribution in [0.2, 0.25) is 0 Å². The van der Waals surface area contributed by atoms with Crippen LogP contribution in [0.4, 0.5) is 27.1 Å². The van der Waals surface area contributed by atoms with Crippen LogP contribution in [0.15, 0.2) is 17.5 Å². The summed E-state index contributed by atoms with van der Waals surface area (Å²) in [5, 5.41) is 1.34. The minimum atomic E-state index is -4.80. The third-order valence-corrected chi connectivity index (χ3v) is 2.82. The lowest BCUT2D eigenvalue weighted by atomic mass is 10.1. The van der Waals surface area contributed by atoms with Gasteiger partial charge in [-0.2, -0.15) is 13.2 Å². The minimum absolute atomic E-state index is 0.0729. The zero-order valence-electron chi connectivity index (χ0n) is 8.55. The molecule has 0 aliphatic heterocycles. The maximum atomic E-state index is 13.5. The predicted octanol–water partition coefficient (Wildman–Crippen LogP) is 3.69. The number of nitrogen functional groups attached to an aromatic ring is 1. The number of rotatable bonds is 1. The standard InChI is InChI=1S/C10H5F5N2S/c11-5-1-4(10(13,14)15)2-6(12)8(5)7-3-18-9(16)17-7/h1-3H,(H2,16,17). The van der Waals surface area contributed by atoms with Gasteiger partial charge in [0.2, 0.25) is 0 Å². The zero-order valence-corrected chi connectivity index (χ0v) is 9.37. The smallest absolute Gasteiger partial charge is 0.375 e. The van der Waals surface area contributed by atoms with E-state index in [1.165, 1.54) is 5.38 Å². The molecular weight excluding hydrogens is 275 g/mol. The number of hydrogen-bond donors (Lipinski definition) is 1. The van der Waals surface area contributed by atoms with E-state index >= 15 is 0 Å². The van der Waals surface area contributed by atoms with Crippen LogP contribution in [0.3, 0.4) is 0 Å². The molecular formula is C10H5F5N2S. The maximum absolute atomic E-state index is 13.5. The molecule has 18 heavy (non-hydrogen) atoms. The summed E-state index contributed by atoms with van der Waals surface area (Å²) in [6.07, 6.45) is -4.80. The Morgan fingerprint density at radius 2 is 1.67 bits per heavy atom. The van der Waals surface area contributed by atoms with Gasteiger partial charge in [0.25, 0.3) is 0 Å². The largest absolute Gasteiger partial charge is 0.416 e.